The summed E-state index contributed by atoms with van der Waals surface area (Å²) in [5.41, 5.74) is -4.87. The Kier molecular flexibility index (Phi) is 7.09. The maximum atomic E-state index is 13.9. The normalized spacial score (nSPS) is 21.8. The van der Waals surface area contributed by atoms with E-state index in [-0.39, 0.29) is 60.2 Å². The standard InChI is InChI=1S/C28H26F6N2O6/c1-40-20-8-14(9-21(41-2)23(20)42-3)22(37)25(39)35-13-26-6-4-5-19(35)24(38)36(26)12-17-15(11-26)7-16(27(29,30)31)10-18(17)28(32,33)34/h7-10,19H,4-6,11-13H2,1-3H3/t19?,26-/m0/s1. The Balaban J connectivity index is 1.55. The smallest absolute Gasteiger partial charge is 0.416 e. The van der Waals surface area contributed by atoms with Crippen LogP contribution in [0, 0.1) is 0 Å². The van der Waals surface area contributed by atoms with Crippen molar-refractivity contribution in [1.29, 1.82) is 0 Å². The Morgan fingerprint density at radius 2 is 1.57 bits per heavy atom. The van der Waals surface area contributed by atoms with Gasteiger partial charge < -0.3 is 24.0 Å². The SMILES string of the molecule is COc1cc(C(=O)C(=O)N2C[C@@]34CCCC2C(=O)N3Cc2c(cc(C(F)(F)F)cc2C(F)(F)F)C4)cc(OC)c1OC. The van der Waals surface area contributed by atoms with Crippen molar-refractivity contribution in [2.45, 2.75) is 56.2 Å². The lowest BCUT2D eigenvalue weighted by Gasteiger charge is -2.54. The summed E-state index contributed by atoms with van der Waals surface area (Å²) in [7, 11) is 4.00. The average Bonchev–Trinajstić information content (AvgIpc) is 3.20. The number of ether oxygens (including phenoxy) is 3. The van der Waals surface area contributed by atoms with Crippen molar-refractivity contribution in [2.75, 3.05) is 27.9 Å². The molecule has 0 aromatic heterocycles. The number of ketones is 1. The number of hydrogen-bond acceptors (Lipinski definition) is 6. The topological polar surface area (TPSA) is 85.4 Å². The first-order valence-corrected chi connectivity index (χ1v) is 12.9. The summed E-state index contributed by atoms with van der Waals surface area (Å²) >= 11 is 0. The number of methoxy groups -OCH3 is 3. The quantitative estimate of drug-likeness (QED) is 0.282. The van der Waals surface area contributed by atoms with E-state index in [0.29, 0.717) is 12.5 Å². The van der Waals surface area contributed by atoms with Gasteiger partial charge in [0.2, 0.25) is 11.7 Å². The van der Waals surface area contributed by atoms with Crippen LogP contribution in [-0.2, 0) is 34.9 Å². The molecule has 0 saturated carbocycles. The van der Waals surface area contributed by atoms with Gasteiger partial charge in [0, 0.05) is 18.7 Å². The maximum absolute atomic E-state index is 13.9. The Bertz CT molecular complexity index is 1450. The second-order valence-electron chi connectivity index (χ2n) is 10.6. The molecular weight excluding hydrogens is 574 g/mol. The van der Waals surface area contributed by atoms with E-state index in [4.69, 9.17) is 14.2 Å². The number of benzene rings is 2. The number of hydrogen-bond donors (Lipinski definition) is 0. The Hall–Kier alpha value is -3.97. The Labute approximate surface area is 236 Å². The highest BCUT2D eigenvalue weighted by Crippen LogP contribution is 2.48. The third-order valence-electron chi connectivity index (χ3n) is 8.28. The van der Waals surface area contributed by atoms with Crippen molar-refractivity contribution in [3.63, 3.8) is 0 Å². The van der Waals surface area contributed by atoms with Gasteiger partial charge in [-0.15, -0.1) is 0 Å². The van der Waals surface area contributed by atoms with E-state index in [2.05, 4.69) is 0 Å². The highest BCUT2D eigenvalue weighted by atomic mass is 19.4. The molecule has 6 rings (SSSR count). The van der Waals surface area contributed by atoms with Gasteiger partial charge in [-0.05, 0) is 61.1 Å². The lowest BCUT2D eigenvalue weighted by atomic mass is 9.77. The molecule has 0 aliphatic carbocycles. The molecule has 1 unspecified atom stereocenters. The molecule has 4 aliphatic heterocycles. The molecule has 226 valence electrons. The van der Waals surface area contributed by atoms with Crippen LogP contribution in [0.2, 0.25) is 0 Å². The molecule has 2 aromatic rings. The van der Waals surface area contributed by atoms with Gasteiger partial charge in [0.25, 0.3) is 11.7 Å². The molecule has 4 aliphatic rings. The number of halogens is 6. The largest absolute Gasteiger partial charge is 0.493 e. The Morgan fingerprint density at radius 1 is 0.929 bits per heavy atom. The van der Waals surface area contributed by atoms with Crippen LogP contribution in [0.1, 0.15) is 51.9 Å². The Morgan fingerprint density at radius 3 is 2.12 bits per heavy atom. The van der Waals surface area contributed by atoms with E-state index in [1.807, 2.05) is 0 Å². The number of carbonyl (C=O) groups excluding carboxylic acids is 3. The molecule has 2 amide bonds. The first-order valence-electron chi connectivity index (χ1n) is 12.9. The summed E-state index contributed by atoms with van der Waals surface area (Å²) in [5.74, 6) is -2.28. The van der Waals surface area contributed by atoms with Crippen LogP contribution < -0.4 is 14.2 Å². The molecule has 2 aromatic carbocycles. The highest BCUT2D eigenvalue weighted by molar-refractivity contribution is 6.43. The molecule has 0 N–H and O–H groups in total. The van der Waals surface area contributed by atoms with Crippen LogP contribution >= 0.6 is 0 Å². The van der Waals surface area contributed by atoms with E-state index in [0.717, 1.165) is 4.90 Å². The number of nitrogens with zero attached hydrogens (tertiary/aromatic N) is 2. The summed E-state index contributed by atoms with van der Waals surface area (Å²) in [6.45, 7) is -0.782. The van der Waals surface area contributed by atoms with Crippen LogP contribution in [-0.4, -0.2) is 66.9 Å². The number of fused-ring (bicyclic) bond motifs is 4. The molecule has 0 radical (unpaired) electrons. The van der Waals surface area contributed by atoms with E-state index in [9.17, 15) is 40.7 Å². The van der Waals surface area contributed by atoms with Gasteiger partial charge in [0.15, 0.2) is 11.5 Å². The van der Waals surface area contributed by atoms with E-state index < -0.39 is 64.8 Å². The van der Waals surface area contributed by atoms with Gasteiger partial charge >= 0.3 is 12.4 Å². The number of alkyl halides is 6. The summed E-state index contributed by atoms with van der Waals surface area (Å²) in [5, 5.41) is 0. The van der Waals surface area contributed by atoms with Gasteiger partial charge in [-0.3, -0.25) is 14.4 Å². The lowest BCUT2D eigenvalue weighted by molar-refractivity contribution is -0.161. The van der Waals surface area contributed by atoms with E-state index in [1.54, 1.807) is 0 Å². The van der Waals surface area contributed by atoms with E-state index >= 15 is 0 Å². The van der Waals surface area contributed by atoms with Gasteiger partial charge in [-0.1, -0.05) is 0 Å². The predicted octanol–water partition coefficient (Wildman–Crippen LogP) is 4.65. The van der Waals surface area contributed by atoms with Crippen molar-refractivity contribution >= 4 is 17.6 Å². The van der Waals surface area contributed by atoms with Crippen molar-refractivity contribution < 1.29 is 54.9 Å². The number of carbonyl (C=O) groups is 3. The molecule has 3 saturated heterocycles. The van der Waals surface area contributed by atoms with Gasteiger partial charge in [0.1, 0.15) is 6.04 Å². The fourth-order valence-corrected chi connectivity index (χ4v) is 6.35. The van der Waals surface area contributed by atoms with Crippen LogP contribution in [0.4, 0.5) is 26.3 Å². The van der Waals surface area contributed by atoms with Crippen molar-refractivity contribution in [2.24, 2.45) is 0 Å². The first-order chi connectivity index (χ1) is 19.6. The summed E-state index contributed by atoms with van der Waals surface area (Å²) in [6.07, 6.45) is -9.71. The number of rotatable bonds is 5. The fourth-order valence-electron chi connectivity index (χ4n) is 6.35. The molecule has 2 bridgehead atoms. The number of Topliss-reactive ketones (excluding diaryl/α,β-unsaturated/α-hetero) is 1. The minimum Gasteiger partial charge on any atom is -0.493 e. The summed E-state index contributed by atoms with van der Waals surface area (Å²) in [6, 6.07) is 2.19. The van der Waals surface area contributed by atoms with Crippen LogP contribution in [0.15, 0.2) is 24.3 Å². The molecule has 14 heteroatoms. The molecule has 8 nitrogen and oxygen atoms in total. The third-order valence-corrected chi connectivity index (χ3v) is 8.28. The minimum absolute atomic E-state index is 0.0727. The minimum atomic E-state index is -5.08. The van der Waals surface area contributed by atoms with Crippen molar-refractivity contribution in [3.05, 3.63) is 52.1 Å². The lowest BCUT2D eigenvalue weighted by Crippen LogP contribution is -2.70. The molecule has 1 spiro atoms. The second kappa shape index (κ2) is 10.1. The first kappa shape index (κ1) is 29.5. The van der Waals surface area contributed by atoms with Crippen LogP contribution in [0.3, 0.4) is 0 Å². The van der Waals surface area contributed by atoms with Gasteiger partial charge in [-0.25, -0.2) is 0 Å². The van der Waals surface area contributed by atoms with Gasteiger partial charge in [0.05, 0.1) is 38.0 Å². The van der Waals surface area contributed by atoms with Crippen molar-refractivity contribution in [1.82, 2.24) is 9.80 Å². The number of amides is 2. The third kappa shape index (κ3) is 4.70. The maximum Gasteiger partial charge on any atom is 0.416 e. The average molecular weight is 601 g/mol. The number of piperazine rings is 1. The zero-order valence-electron chi connectivity index (χ0n) is 22.7. The summed E-state index contributed by atoms with van der Waals surface area (Å²) < 4.78 is 98.3. The van der Waals surface area contributed by atoms with Crippen molar-refractivity contribution in [3.8, 4) is 17.2 Å². The van der Waals surface area contributed by atoms with E-state index in [1.165, 1.54) is 38.4 Å². The van der Waals surface area contributed by atoms with Crippen LogP contribution in [0.25, 0.3) is 0 Å². The zero-order valence-corrected chi connectivity index (χ0v) is 22.7. The molecule has 3 fully saturated rings. The molecular formula is C28H26F6N2O6. The second-order valence-corrected chi connectivity index (χ2v) is 10.6. The van der Waals surface area contributed by atoms with Gasteiger partial charge in [-0.2, -0.15) is 26.3 Å². The predicted molar refractivity (Wildman–Crippen MR) is 133 cm³/mol. The fraction of sp³-hybridized carbons (Fsp3) is 0.464. The molecule has 2 atom stereocenters. The summed E-state index contributed by atoms with van der Waals surface area (Å²) in [4.78, 5) is 43.1. The zero-order chi connectivity index (χ0) is 30.8. The molecule has 42 heavy (non-hydrogen) atoms. The monoisotopic (exact) mass is 600 g/mol. The molecule has 4 heterocycles. The highest BCUT2D eigenvalue weighted by Gasteiger charge is 2.56. The van der Waals surface area contributed by atoms with Crippen LogP contribution in [0.5, 0.6) is 17.2 Å².